The van der Waals surface area contributed by atoms with Crippen LogP contribution in [0.1, 0.15) is 28.8 Å². The van der Waals surface area contributed by atoms with Gasteiger partial charge in [0, 0.05) is 25.7 Å². The number of aliphatic hydroxyl groups is 1. The molecule has 0 atom stereocenters. The van der Waals surface area contributed by atoms with Gasteiger partial charge in [-0.3, -0.25) is 9.10 Å². The van der Waals surface area contributed by atoms with Crippen molar-refractivity contribution in [2.24, 2.45) is 0 Å². The Labute approximate surface area is 160 Å². The molecule has 0 aliphatic carbocycles. The average Bonchev–Trinajstić information content (AvgIpc) is 2.68. The van der Waals surface area contributed by atoms with E-state index >= 15 is 0 Å². The van der Waals surface area contributed by atoms with E-state index in [1.54, 1.807) is 29.2 Å². The number of aliphatic hydroxyl groups excluding tert-OH is 1. The third kappa shape index (κ3) is 4.14. The maximum atomic E-state index is 13.0. The molecule has 2 aromatic carbocycles. The van der Waals surface area contributed by atoms with Crippen LogP contribution in [0.15, 0.2) is 53.4 Å². The van der Waals surface area contributed by atoms with Gasteiger partial charge in [-0.15, -0.1) is 0 Å². The second-order valence-electron chi connectivity index (χ2n) is 6.86. The Hall–Kier alpha value is -2.38. The lowest BCUT2D eigenvalue weighted by molar-refractivity contribution is 0.0546. The second kappa shape index (κ2) is 7.70. The summed E-state index contributed by atoms with van der Waals surface area (Å²) in [6.07, 6.45) is 0.712. The van der Waals surface area contributed by atoms with Gasteiger partial charge < -0.3 is 10.0 Å². The Morgan fingerprint density at radius 3 is 2.37 bits per heavy atom. The molecule has 144 valence electrons. The molecule has 0 spiro atoms. The van der Waals surface area contributed by atoms with Crippen LogP contribution in [0.3, 0.4) is 0 Å². The smallest absolute Gasteiger partial charge is 0.264 e. The zero-order valence-electron chi connectivity index (χ0n) is 15.5. The fourth-order valence-corrected chi connectivity index (χ4v) is 4.33. The van der Waals surface area contributed by atoms with E-state index in [0.29, 0.717) is 37.2 Å². The fraction of sp³-hybridized carbons (Fsp3) is 0.350. The molecule has 1 fully saturated rings. The highest BCUT2D eigenvalue weighted by Gasteiger charge is 2.25. The van der Waals surface area contributed by atoms with Crippen LogP contribution in [0, 0.1) is 6.92 Å². The number of rotatable bonds is 4. The molecule has 0 saturated carbocycles. The number of likely N-dealkylation sites (tertiary alicyclic amines) is 1. The highest BCUT2D eigenvalue weighted by molar-refractivity contribution is 7.92. The summed E-state index contributed by atoms with van der Waals surface area (Å²) >= 11 is 0. The molecule has 0 radical (unpaired) electrons. The summed E-state index contributed by atoms with van der Waals surface area (Å²) < 4.78 is 27.2. The minimum atomic E-state index is -3.78. The molecular weight excluding hydrogens is 364 g/mol. The van der Waals surface area contributed by atoms with Crippen molar-refractivity contribution >= 4 is 21.6 Å². The Morgan fingerprint density at radius 1 is 1.11 bits per heavy atom. The molecule has 1 saturated heterocycles. The Balaban J connectivity index is 1.85. The van der Waals surface area contributed by atoms with Crippen LogP contribution in [0.2, 0.25) is 0 Å². The first-order valence-corrected chi connectivity index (χ1v) is 10.4. The van der Waals surface area contributed by atoms with Crippen molar-refractivity contribution in [3.05, 3.63) is 59.7 Å². The zero-order chi connectivity index (χ0) is 19.6. The van der Waals surface area contributed by atoms with Gasteiger partial charge in [0.15, 0.2) is 0 Å². The molecule has 0 bridgehead atoms. The number of sulfonamides is 1. The molecule has 0 unspecified atom stereocenters. The summed E-state index contributed by atoms with van der Waals surface area (Å²) in [5.41, 5.74) is 1.94. The number of piperidine rings is 1. The normalized spacial score (nSPS) is 15.6. The van der Waals surface area contributed by atoms with Crippen LogP contribution < -0.4 is 4.31 Å². The highest BCUT2D eigenvalue weighted by atomic mass is 32.2. The van der Waals surface area contributed by atoms with Gasteiger partial charge in [0.2, 0.25) is 0 Å². The lowest BCUT2D eigenvalue weighted by Gasteiger charge is -2.29. The van der Waals surface area contributed by atoms with Gasteiger partial charge in [-0.25, -0.2) is 8.42 Å². The van der Waals surface area contributed by atoms with Gasteiger partial charge >= 0.3 is 0 Å². The monoisotopic (exact) mass is 388 g/mol. The van der Waals surface area contributed by atoms with Crippen molar-refractivity contribution < 1.29 is 18.3 Å². The van der Waals surface area contributed by atoms with E-state index in [1.165, 1.54) is 23.5 Å². The summed E-state index contributed by atoms with van der Waals surface area (Å²) in [5, 5.41) is 9.59. The van der Waals surface area contributed by atoms with Crippen molar-refractivity contribution in [3.8, 4) is 0 Å². The lowest BCUT2D eigenvalue weighted by Crippen LogP contribution is -2.40. The predicted octanol–water partition coefficient (Wildman–Crippen LogP) is 2.42. The van der Waals surface area contributed by atoms with Gasteiger partial charge in [-0.2, -0.15) is 0 Å². The number of nitrogens with zero attached hydrogens (tertiary/aromatic N) is 2. The van der Waals surface area contributed by atoms with Crippen molar-refractivity contribution in [3.63, 3.8) is 0 Å². The molecule has 27 heavy (non-hydrogen) atoms. The van der Waals surface area contributed by atoms with Gasteiger partial charge in [0.25, 0.3) is 15.9 Å². The average molecular weight is 388 g/mol. The van der Waals surface area contributed by atoms with Crippen LogP contribution in [0.5, 0.6) is 0 Å². The topological polar surface area (TPSA) is 77.9 Å². The SMILES string of the molecule is Cc1ccc(N(C)S(=O)(=O)c2cccc(C(=O)N3CCC(O)CC3)c2)cc1. The van der Waals surface area contributed by atoms with E-state index in [0.717, 1.165) is 5.56 Å². The van der Waals surface area contributed by atoms with Crippen LogP contribution in [-0.4, -0.2) is 50.6 Å². The van der Waals surface area contributed by atoms with Crippen LogP contribution in [0.25, 0.3) is 0 Å². The molecule has 1 aliphatic heterocycles. The van der Waals surface area contributed by atoms with Crippen LogP contribution in [0.4, 0.5) is 5.69 Å². The summed E-state index contributed by atoms with van der Waals surface area (Å²) in [6, 6.07) is 13.3. The highest BCUT2D eigenvalue weighted by Crippen LogP contribution is 2.24. The number of carbonyl (C=O) groups is 1. The zero-order valence-corrected chi connectivity index (χ0v) is 16.3. The second-order valence-corrected chi connectivity index (χ2v) is 8.83. The molecule has 0 aromatic heterocycles. The molecule has 6 nitrogen and oxygen atoms in total. The third-order valence-electron chi connectivity index (χ3n) is 4.89. The first-order chi connectivity index (χ1) is 12.8. The summed E-state index contributed by atoms with van der Waals surface area (Å²) in [7, 11) is -2.28. The van der Waals surface area contributed by atoms with Gasteiger partial charge in [-0.05, 0) is 50.1 Å². The quantitative estimate of drug-likeness (QED) is 0.873. The Morgan fingerprint density at radius 2 is 1.74 bits per heavy atom. The molecule has 1 aliphatic rings. The van der Waals surface area contributed by atoms with Gasteiger partial charge in [0.05, 0.1) is 16.7 Å². The largest absolute Gasteiger partial charge is 0.393 e. The molecule has 1 amide bonds. The maximum Gasteiger partial charge on any atom is 0.264 e. The summed E-state index contributed by atoms with van der Waals surface area (Å²) in [6.45, 7) is 2.88. The van der Waals surface area contributed by atoms with Gasteiger partial charge in [-0.1, -0.05) is 23.8 Å². The first kappa shape index (κ1) is 19.4. The van der Waals surface area contributed by atoms with Crippen molar-refractivity contribution in [2.75, 3.05) is 24.4 Å². The number of hydrogen-bond donors (Lipinski definition) is 1. The molecular formula is C20H24N2O4S. The summed E-state index contributed by atoms with van der Waals surface area (Å²) in [5.74, 6) is -0.211. The van der Waals surface area contributed by atoms with Crippen molar-refractivity contribution in [1.82, 2.24) is 4.90 Å². The first-order valence-electron chi connectivity index (χ1n) is 8.92. The number of amides is 1. The molecule has 1 heterocycles. The number of carbonyl (C=O) groups excluding carboxylic acids is 1. The minimum absolute atomic E-state index is 0.0773. The number of anilines is 1. The van der Waals surface area contributed by atoms with E-state index in [2.05, 4.69) is 0 Å². The number of aryl methyl sites for hydroxylation is 1. The van der Waals surface area contributed by atoms with E-state index in [1.807, 2.05) is 19.1 Å². The number of hydrogen-bond acceptors (Lipinski definition) is 4. The molecule has 7 heteroatoms. The Kier molecular flexibility index (Phi) is 5.53. The molecule has 3 rings (SSSR count). The molecule has 2 aromatic rings. The van der Waals surface area contributed by atoms with Crippen LogP contribution >= 0.6 is 0 Å². The lowest BCUT2D eigenvalue weighted by atomic mass is 10.1. The Bertz CT molecular complexity index is 917. The van der Waals surface area contributed by atoms with E-state index in [-0.39, 0.29) is 16.9 Å². The summed E-state index contributed by atoms with van der Waals surface area (Å²) in [4.78, 5) is 14.4. The predicted molar refractivity (Wildman–Crippen MR) is 104 cm³/mol. The van der Waals surface area contributed by atoms with Crippen LogP contribution in [-0.2, 0) is 10.0 Å². The maximum absolute atomic E-state index is 13.0. The van der Waals surface area contributed by atoms with E-state index < -0.39 is 10.0 Å². The standard InChI is InChI=1S/C20H24N2O4S/c1-15-6-8-17(9-7-15)21(2)27(25,26)19-5-3-4-16(14-19)20(24)22-12-10-18(23)11-13-22/h3-9,14,18,23H,10-13H2,1-2H3. The number of benzene rings is 2. The fourth-order valence-electron chi connectivity index (χ4n) is 3.09. The van der Waals surface area contributed by atoms with Crippen molar-refractivity contribution in [1.29, 1.82) is 0 Å². The van der Waals surface area contributed by atoms with Gasteiger partial charge in [0.1, 0.15) is 0 Å². The minimum Gasteiger partial charge on any atom is -0.393 e. The third-order valence-corrected chi connectivity index (χ3v) is 6.67. The van der Waals surface area contributed by atoms with E-state index in [4.69, 9.17) is 0 Å². The van der Waals surface area contributed by atoms with Crippen molar-refractivity contribution in [2.45, 2.75) is 30.8 Å². The molecule has 1 N–H and O–H groups in total. The van der Waals surface area contributed by atoms with E-state index in [9.17, 15) is 18.3 Å².